The minimum atomic E-state index is -0.150. The third-order valence-corrected chi connectivity index (χ3v) is 17.1. The van der Waals surface area contributed by atoms with E-state index in [1.807, 2.05) is 141 Å². The van der Waals surface area contributed by atoms with Crippen LogP contribution in [0.15, 0.2) is 141 Å². The molecule has 5 atom stereocenters. The van der Waals surface area contributed by atoms with Gasteiger partial charge in [-0.3, -0.25) is 31.6 Å². The van der Waals surface area contributed by atoms with Gasteiger partial charge in [0.25, 0.3) is 0 Å². The Hall–Kier alpha value is -7.30. The van der Waals surface area contributed by atoms with E-state index in [2.05, 4.69) is 147 Å². The van der Waals surface area contributed by atoms with Crippen LogP contribution in [-0.4, -0.2) is 153 Å². The molecule has 35 heteroatoms. The van der Waals surface area contributed by atoms with E-state index in [-0.39, 0.29) is 36.9 Å². The van der Waals surface area contributed by atoms with E-state index in [0.29, 0.717) is 112 Å². The summed E-state index contributed by atoms with van der Waals surface area (Å²) >= 11 is 59.4. The van der Waals surface area contributed by atoms with E-state index in [1.165, 1.54) is 0 Å². The van der Waals surface area contributed by atoms with Crippen molar-refractivity contribution in [1.82, 2.24) is 68.3 Å². The van der Waals surface area contributed by atoms with Crippen LogP contribution in [0, 0.1) is 0 Å². The summed E-state index contributed by atoms with van der Waals surface area (Å²) in [5.74, 6) is 7.07. The molecule has 102 heavy (non-hydrogen) atoms. The first-order valence-corrected chi connectivity index (χ1v) is 36.2. The van der Waals surface area contributed by atoms with Crippen molar-refractivity contribution in [2.24, 2.45) is 49.9 Å². The van der Waals surface area contributed by atoms with Crippen LogP contribution in [-0.2, 0) is 19.5 Å². The summed E-state index contributed by atoms with van der Waals surface area (Å²) in [4.78, 5) is 48.1. The Kier molecular flexibility index (Phi) is 33.8. The Labute approximate surface area is 648 Å². The molecule has 0 bridgehead atoms. The molecule has 5 aliphatic heterocycles. The highest BCUT2D eigenvalue weighted by Crippen LogP contribution is 2.28. The topological polar surface area (TPSA) is 286 Å². The van der Waals surface area contributed by atoms with E-state index in [4.69, 9.17) is 116 Å². The summed E-state index contributed by atoms with van der Waals surface area (Å²) in [6.45, 7) is 23.8. The van der Waals surface area contributed by atoms with Gasteiger partial charge in [-0.2, -0.15) is 0 Å². The normalized spacial score (nSPS) is 19.3. The molecule has 0 aromatic heterocycles. The number of hydrogen-bond donors (Lipinski definition) is 13. The molecule has 5 unspecified atom stereocenters. The lowest BCUT2D eigenvalue weighted by Gasteiger charge is -2.26. The lowest BCUT2D eigenvalue weighted by atomic mass is 10.1. The number of hydrogen-bond acceptors (Lipinski definition) is 19. The van der Waals surface area contributed by atoms with Crippen molar-refractivity contribution in [3.05, 3.63) is 158 Å². The third kappa shape index (κ3) is 29.8. The number of benzene rings is 5. The molecule has 5 aliphatic rings. The minimum absolute atomic E-state index is 0.00812. The number of nitrogens with one attached hydrogen (secondary N) is 13. The fraction of sp³-hybridized carbons (Fsp3) is 0.403. The largest absolute Gasteiger partial charge is 0.354 e. The van der Waals surface area contributed by atoms with E-state index >= 15 is 0 Å². The number of guanidine groups is 10. The molecule has 0 spiro atoms. The maximum absolute atomic E-state index is 6.01. The fourth-order valence-corrected chi connectivity index (χ4v) is 10.4. The van der Waals surface area contributed by atoms with E-state index in [1.54, 1.807) is 36.4 Å². The van der Waals surface area contributed by atoms with Gasteiger partial charge in [0.05, 0.1) is 63.3 Å². The summed E-state index contributed by atoms with van der Waals surface area (Å²) in [6, 6.07) is 28.2. The smallest absolute Gasteiger partial charge is 0.204 e. The lowest BCUT2D eigenvalue weighted by molar-refractivity contribution is 0.559. The molecule has 0 saturated carbocycles. The van der Waals surface area contributed by atoms with E-state index in [9.17, 15) is 0 Å². The molecule has 0 aliphatic carbocycles. The second-order valence-electron chi connectivity index (χ2n) is 24.4. The van der Waals surface area contributed by atoms with Gasteiger partial charge in [-0.05, 0) is 172 Å². The van der Waals surface area contributed by atoms with Crippen LogP contribution >= 0.6 is 116 Å². The third-order valence-electron chi connectivity index (χ3n) is 13.4. The predicted octanol–water partition coefficient (Wildman–Crippen LogP) is 13.5. The number of aliphatic imine (C=N–C) groups is 10. The van der Waals surface area contributed by atoms with Crippen LogP contribution in [0.4, 0.5) is 11.4 Å². The van der Waals surface area contributed by atoms with Crippen molar-refractivity contribution < 1.29 is 0 Å². The van der Waals surface area contributed by atoms with E-state index < -0.39 is 0 Å². The van der Waals surface area contributed by atoms with E-state index in [0.717, 1.165) is 64.3 Å². The summed E-state index contributed by atoms with van der Waals surface area (Å²) in [7, 11) is 7.70. The average molecular weight is 1600 g/mol. The van der Waals surface area contributed by atoms with Crippen LogP contribution in [0.1, 0.15) is 92.9 Å². The van der Waals surface area contributed by atoms with Crippen LogP contribution in [0.2, 0.25) is 50.2 Å². The molecule has 13 N–H and O–H groups in total. The first-order chi connectivity index (χ1) is 48.2. The van der Waals surface area contributed by atoms with Crippen LogP contribution in [0.3, 0.4) is 0 Å². The van der Waals surface area contributed by atoms with Crippen LogP contribution in [0.5, 0.6) is 0 Å². The van der Waals surface area contributed by atoms with Gasteiger partial charge < -0.3 is 52.3 Å². The van der Waals surface area contributed by atoms with Crippen LogP contribution < -0.4 is 69.1 Å². The Morgan fingerprint density at radius 2 is 0.696 bits per heavy atom. The Morgan fingerprint density at radius 3 is 1.11 bits per heavy atom. The SMILES string of the molecule is CC(C)NC1=NC(C)NC(=NCCc2ccc(Cl)c(Cl)c2)N1.CC(C)NC1=NC(C)NC(=NCc2ccc(Cl)c(Cl)c2)N1.CC1N=C(N(C)C)NC(=NCc2ccc(Cl)c(Cl)c2)N1.CC1N=C(Nc2ccc(Cl)c(Cl)c2)NC(N(C)C)=N1.CC1N=C(Nc2ccc(Cl)c(Cl)c2)NC(NC(C)C)=N1. The van der Waals surface area contributed by atoms with Crippen molar-refractivity contribution >= 4 is 187 Å². The van der Waals surface area contributed by atoms with Gasteiger partial charge in [-0.15, -0.1) is 0 Å². The first kappa shape index (κ1) is 83.6. The Morgan fingerprint density at radius 1 is 0.363 bits per heavy atom. The molecule has 0 radical (unpaired) electrons. The summed E-state index contributed by atoms with van der Waals surface area (Å²) in [5, 5.41) is 46.5. The number of anilines is 2. The van der Waals surface area contributed by atoms with Crippen LogP contribution in [0.25, 0.3) is 0 Å². The lowest BCUT2D eigenvalue weighted by Crippen LogP contribution is -2.55. The maximum atomic E-state index is 6.01. The van der Waals surface area contributed by atoms with Gasteiger partial charge in [0.2, 0.25) is 23.8 Å². The zero-order chi connectivity index (χ0) is 74.9. The molecular weight excluding hydrogens is 1510 g/mol. The monoisotopic (exact) mass is 1590 g/mol. The highest BCUT2D eigenvalue weighted by atomic mass is 35.5. The standard InChI is InChI=1S/C15H21Cl2N5.C14H19Cl2N5.2C13H17Cl2N5.C12H15Cl2N5/c1-9(2)19-15-21-10(3)20-14(22-15)18-7-6-11-4-5-12(16)13(17)8-11;1-8(2)18-14-20-9(3)19-13(21-14)17-7-10-4-5-11(15)12(16)6-10;1-8-17-12(19-13(18-8)20(2)3)16-7-9-4-5-10(14)11(15)6-9;1-7(2)16-12-17-8(3)18-13(20-12)19-9-4-5-10(14)11(15)6-9;1-7-15-11(18-12(16-7)19(2)3)17-8-4-5-9(13)10(14)6-8/h4-5,8-10H,6-7H2,1-3H3,(H3,18,19,20,21,22);4-6,8-9H,7H2,1-3H3,(H3,17,18,19,20,21);4-6,8H,7H2,1-3H3,(H2,16,17,18,19);4-8H,1-3H3,(H3,16,17,18,19,20);4-7H,1-3H3,(H2,15,16,17,18). The molecule has 10 rings (SSSR count). The zero-order valence-corrected chi connectivity index (χ0v) is 66.8. The van der Waals surface area contributed by atoms with Crippen molar-refractivity contribution in [2.45, 2.75) is 145 Å². The molecule has 0 amide bonds. The first-order valence-electron chi connectivity index (χ1n) is 32.5. The number of halogens is 10. The molecular formula is C67H89Cl10N25. The van der Waals surface area contributed by atoms with Gasteiger partial charge in [-0.1, -0.05) is 134 Å². The second kappa shape index (κ2) is 41.3. The quantitative estimate of drug-likeness (QED) is 0.0553. The van der Waals surface area contributed by atoms with Crippen molar-refractivity contribution in [3.8, 4) is 0 Å². The number of nitrogens with zero attached hydrogens (tertiary/aromatic N) is 12. The Bertz CT molecular complexity index is 3960. The molecule has 5 heterocycles. The maximum Gasteiger partial charge on any atom is 0.204 e. The minimum Gasteiger partial charge on any atom is -0.354 e. The zero-order valence-electron chi connectivity index (χ0n) is 59.3. The van der Waals surface area contributed by atoms with Crippen molar-refractivity contribution in [3.63, 3.8) is 0 Å². The van der Waals surface area contributed by atoms with Crippen molar-refractivity contribution in [2.75, 3.05) is 45.4 Å². The van der Waals surface area contributed by atoms with Gasteiger partial charge >= 0.3 is 0 Å². The molecule has 25 nitrogen and oxygen atoms in total. The molecule has 5 aromatic rings. The highest BCUT2D eigenvalue weighted by molar-refractivity contribution is 6.44. The average Bonchev–Trinajstić information content (AvgIpc) is 0.857. The fourth-order valence-electron chi connectivity index (χ4n) is 8.85. The van der Waals surface area contributed by atoms with Gasteiger partial charge in [-0.25, -0.2) is 44.9 Å². The molecule has 5 aromatic carbocycles. The van der Waals surface area contributed by atoms with Crippen molar-refractivity contribution in [1.29, 1.82) is 0 Å². The second-order valence-corrected chi connectivity index (χ2v) is 28.5. The predicted molar refractivity (Wildman–Crippen MR) is 434 cm³/mol. The van der Waals surface area contributed by atoms with Gasteiger partial charge in [0.1, 0.15) is 30.8 Å². The summed E-state index contributed by atoms with van der Waals surface area (Å²) < 4.78 is 0. The Balaban J connectivity index is 0.000000201. The molecule has 0 saturated heterocycles. The summed E-state index contributed by atoms with van der Waals surface area (Å²) in [5.41, 5.74) is 4.72. The van der Waals surface area contributed by atoms with Gasteiger partial charge in [0.15, 0.2) is 35.8 Å². The molecule has 0 fully saturated rings. The number of rotatable bonds is 12. The summed E-state index contributed by atoms with van der Waals surface area (Å²) in [6.07, 6.45) is 0.460. The van der Waals surface area contributed by atoms with Gasteiger partial charge in [0, 0.05) is 64.2 Å². The molecule has 552 valence electrons. The highest BCUT2D eigenvalue weighted by Gasteiger charge is 2.21.